The van der Waals surface area contributed by atoms with Crippen molar-refractivity contribution in [3.63, 3.8) is 0 Å². The minimum absolute atomic E-state index is 0.127. The van der Waals surface area contributed by atoms with E-state index in [-0.39, 0.29) is 46.7 Å². The molecule has 222 valence electrons. The Morgan fingerprint density at radius 1 is 1.10 bits per heavy atom. The lowest BCUT2D eigenvalue weighted by atomic mass is 10.2. The second-order valence-electron chi connectivity index (χ2n) is 10.5. The molecule has 0 saturated carbocycles. The van der Waals surface area contributed by atoms with Gasteiger partial charge in [0, 0.05) is 11.6 Å². The maximum absolute atomic E-state index is 14.9. The summed E-state index contributed by atoms with van der Waals surface area (Å²) in [4.78, 5) is 39.3. The summed E-state index contributed by atoms with van der Waals surface area (Å²) in [6.07, 6.45) is 0.949. The van der Waals surface area contributed by atoms with E-state index in [9.17, 15) is 18.8 Å². The standard InChI is InChI=1S/C28H32Cl2FN3O7/c1-7-10-38-22-9-8-16(11-20(22)30)24(35)32-33-25(36)18-12-21(31)23(13-19(18)29)39-14-17-15-40-28(5,6)34(17)26(37)41-27(2,3)4/h7-9,11-13,17H,1,10,14-15H2,2-6H3,(H,32,35)(H,33,36)/t17-/m0/s1. The van der Waals surface area contributed by atoms with Crippen molar-refractivity contribution in [2.45, 2.75) is 52.0 Å². The highest BCUT2D eigenvalue weighted by Gasteiger charge is 2.46. The van der Waals surface area contributed by atoms with Crippen LogP contribution in [0.4, 0.5) is 9.18 Å². The number of rotatable bonds is 8. The third-order valence-corrected chi connectivity index (χ3v) is 6.31. The lowest BCUT2D eigenvalue weighted by molar-refractivity contribution is -0.0637. The number of nitrogens with zero attached hydrogens (tertiary/aromatic N) is 1. The van der Waals surface area contributed by atoms with Gasteiger partial charge in [0.2, 0.25) is 0 Å². The fourth-order valence-electron chi connectivity index (χ4n) is 3.85. The summed E-state index contributed by atoms with van der Waals surface area (Å²) in [6, 6.07) is 5.74. The molecule has 10 nitrogen and oxygen atoms in total. The van der Waals surface area contributed by atoms with E-state index in [0.717, 1.165) is 12.1 Å². The first-order chi connectivity index (χ1) is 19.1. The number of nitrogens with one attached hydrogen (secondary N) is 2. The fraction of sp³-hybridized carbons (Fsp3) is 0.393. The number of amides is 3. The van der Waals surface area contributed by atoms with Gasteiger partial charge in [-0.05, 0) is 58.9 Å². The van der Waals surface area contributed by atoms with Crippen LogP contribution in [-0.2, 0) is 9.47 Å². The van der Waals surface area contributed by atoms with Crippen molar-refractivity contribution in [1.29, 1.82) is 0 Å². The van der Waals surface area contributed by atoms with Crippen LogP contribution in [0.1, 0.15) is 55.3 Å². The van der Waals surface area contributed by atoms with Crippen molar-refractivity contribution in [2.75, 3.05) is 19.8 Å². The minimum Gasteiger partial charge on any atom is -0.488 e. The Bertz CT molecular complexity index is 1330. The zero-order chi connectivity index (χ0) is 30.5. The highest BCUT2D eigenvalue weighted by atomic mass is 35.5. The first-order valence-corrected chi connectivity index (χ1v) is 13.3. The van der Waals surface area contributed by atoms with E-state index in [1.807, 2.05) is 0 Å². The molecule has 1 aliphatic rings. The molecule has 0 aliphatic carbocycles. The number of ether oxygens (including phenoxy) is 4. The minimum atomic E-state index is -0.967. The Labute approximate surface area is 247 Å². The topological polar surface area (TPSA) is 115 Å². The van der Waals surface area contributed by atoms with Gasteiger partial charge in [0.1, 0.15) is 30.3 Å². The summed E-state index contributed by atoms with van der Waals surface area (Å²) in [7, 11) is 0. The Kier molecular flexibility index (Phi) is 10.1. The van der Waals surface area contributed by atoms with E-state index in [4.69, 9.17) is 42.1 Å². The van der Waals surface area contributed by atoms with E-state index in [1.54, 1.807) is 40.7 Å². The highest BCUT2D eigenvalue weighted by molar-refractivity contribution is 6.34. The Balaban J connectivity index is 1.63. The van der Waals surface area contributed by atoms with E-state index >= 15 is 0 Å². The van der Waals surface area contributed by atoms with Gasteiger partial charge in [-0.25, -0.2) is 9.18 Å². The smallest absolute Gasteiger partial charge is 0.413 e. The van der Waals surface area contributed by atoms with Crippen LogP contribution in [0.2, 0.25) is 10.0 Å². The normalized spacial score (nSPS) is 16.1. The predicted octanol–water partition coefficient (Wildman–Crippen LogP) is 5.52. The molecule has 2 N–H and O–H groups in total. The molecular weight excluding hydrogens is 580 g/mol. The molecule has 3 rings (SSSR count). The number of hydrogen-bond donors (Lipinski definition) is 2. The van der Waals surface area contributed by atoms with Crippen molar-refractivity contribution >= 4 is 41.1 Å². The molecule has 3 amide bonds. The van der Waals surface area contributed by atoms with E-state index in [1.165, 1.54) is 23.1 Å². The quantitative estimate of drug-likeness (QED) is 0.298. The van der Waals surface area contributed by atoms with Crippen molar-refractivity contribution in [1.82, 2.24) is 15.8 Å². The largest absolute Gasteiger partial charge is 0.488 e. The van der Waals surface area contributed by atoms with Crippen LogP contribution in [0, 0.1) is 5.82 Å². The molecule has 13 heteroatoms. The molecule has 1 atom stereocenters. The van der Waals surface area contributed by atoms with E-state index in [0.29, 0.717) is 5.75 Å². The molecule has 1 saturated heterocycles. The maximum atomic E-state index is 14.9. The van der Waals surface area contributed by atoms with Crippen LogP contribution in [0.25, 0.3) is 0 Å². The molecule has 1 heterocycles. The summed E-state index contributed by atoms with van der Waals surface area (Å²) in [6.45, 7) is 12.5. The van der Waals surface area contributed by atoms with Gasteiger partial charge in [-0.1, -0.05) is 35.9 Å². The summed E-state index contributed by atoms with van der Waals surface area (Å²) in [5.74, 6) is -2.30. The van der Waals surface area contributed by atoms with Gasteiger partial charge >= 0.3 is 6.09 Å². The van der Waals surface area contributed by atoms with Gasteiger partial charge in [0.15, 0.2) is 11.6 Å². The molecule has 1 aliphatic heterocycles. The first kappa shape index (κ1) is 32.0. The zero-order valence-electron chi connectivity index (χ0n) is 23.3. The number of carbonyl (C=O) groups excluding carboxylic acids is 3. The zero-order valence-corrected chi connectivity index (χ0v) is 24.8. The first-order valence-electron chi connectivity index (χ1n) is 12.5. The highest BCUT2D eigenvalue weighted by Crippen LogP contribution is 2.31. The van der Waals surface area contributed by atoms with Gasteiger partial charge in [0.25, 0.3) is 11.8 Å². The molecule has 41 heavy (non-hydrogen) atoms. The monoisotopic (exact) mass is 611 g/mol. The molecule has 0 radical (unpaired) electrons. The maximum Gasteiger partial charge on any atom is 0.413 e. The van der Waals surface area contributed by atoms with Crippen molar-refractivity contribution in [3.8, 4) is 11.5 Å². The summed E-state index contributed by atoms with van der Waals surface area (Å²) >= 11 is 12.4. The lowest BCUT2D eigenvalue weighted by Crippen LogP contribution is -2.51. The van der Waals surface area contributed by atoms with Gasteiger partial charge < -0.3 is 18.9 Å². The number of halogens is 3. The summed E-state index contributed by atoms with van der Waals surface area (Å²) in [5, 5.41) is 0.0559. The number of carbonyl (C=O) groups is 3. The molecule has 0 bridgehead atoms. The van der Waals surface area contributed by atoms with Gasteiger partial charge in [-0.3, -0.25) is 25.3 Å². The van der Waals surface area contributed by atoms with E-state index < -0.39 is 41.1 Å². The molecule has 1 fully saturated rings. The van der Waals surface area contributed by atoms with Crippen LogP contribution in [0.3, 0.4) is 0 Å². The van der Waals surface area contributed by atoms with Crippen molar-refractivity contribution in [2.24, 2.45) is 0 Å². The lowest BCUT2D eigenvalue weighted by Gasteiger charge is -2.35. The molecule has 0 unspecified atom stereocenters. The van der Waals surface area contributed by atoms with Gasteiger partial charge in [-0.15, -0.1) is 0 Å². The molecule has 2 aromatic rings. The Morgan fingerprint density at radius 2 is 1.78 bits per heavy atom. The average Bonchev–Trinajstić information content (AvgIpc) is 3.19. The third-order valence-electron chi connectivity index (χ3n) is 5.70. The second-order valence-corrected chi connectivity index (χ2v) is 11.3. The average molecular weight is 612 g/mol. The van der Waals surface area contributed by atoms with Crippen LogP contribution in [0.5, 0.6) is 11.5 Å². The van der Waals surface area contributed by atoms with Gasteiger partial charge in [-0.2, -0.15) is 0 Å². The van der Waals surface area contributed by atoms with Gasteiger partial charge in [0.05, 0.1) is 28.3 Å². The predicted molar refractivity (Wildman–Crippen MR) is 151 cm³/mol. The molecule has 0 aromatic heterocycles. The SMILES string of the molecule is C=CCOc1ccc(C(=O)NNC(=O)c2cc(F)c(OC[C@H]3COC(C)(C)N3C(=O)OC(C)(C)C)cc2Cl)cc1Cl. The Hall–Kier alpha value is -3.54. The number of hydrazine groups is 1. The van der Waals surface area contributed by atoms with Crippen molar-refractivity contribution < 1.29 is 37.7 Å². The van der Waals surface area contributed by atoms with Crippen LogP contribution < -0.4 is 20.3 Å². The van der Waals surface area contributed by atoms with E-state index in [2.05, 4.69) is 17.4 Å². The Morgan fingerprint density at radius 3 is 2.41 bits per heavy atom. The van der Waals surface area contributed by atoms with Crippen LogP contribution in [-0.4, -0.2) is 60.0 Å². The van der Waals surface area contributed by atoms with Crippen LogP contribution >= 0.6 is 23.2 Å². The second kappa shape index (κ2) is 13.0. The third kappa shape index (κ3) is 8.25. The molecule has 0 spiro atoms. The fourth-order valence-corrected chi connectivity index (χ4v) is 4.32. The summed E-state index contributed by atoms with van der Waals surface area (Å²) in [5.41, 5.74) is 2.60. The molecular formula is C28H32Cl2FN3O7. The number of hydrogen-bond acceptors (Lipinski definition) is 7. The van der Waals surface area contributed by atoms with Crippen molar-refractivity contribution in [3.05, 3.63) is 70.0 Å². The number of benzene rings is 2. The van der Waals surface area contributed by atoms with Crippen LogP contribution in [0.15, 0.2) is 43.0 Å². The summed E-state index contributed by atoms with van der Waals surface area (Å²) < 4.78 is 37.1. The molecule has 2 aromatic carbocycles.